The van der Waals surface area contributed by atoms with Gasteiger partial charge in [0.05, 0.1) is 0 Å². The predicted octanol–water partition coefficient (Wildman–Crippen LogP) is 1.99. The van der Waals surface area contributed by atoms with Crippen LogP contribution in [0, 0.1) is 6.92 Å². The maximum Gasteiger partial charge on any atom is 0.254 e. The molecule has 2 heterocycles. The molecule has 1 saturated heterocycles. The molecule has 0 atom stereocenters. The molecule has 0 bridgehead atoms. The quantitative estimate of drug-likeness (QED) is 0.921. The van der Waals surface area contributed by atoms with Crippen LogP contribution < -0.4 is 5.32 Å². The van der Waals surface area contributed by atoms with Crippen molar-refractivity contribution in [3.05, 3.63) is 23.4 Å². The van der Waals surface area contributed by atoms with E-state index in [2.05, 4.69) is 22.1 Å². The summed E-state index contributed by atoms with van der Waals surface area (Å²) in [6.45, 7) is 7.36. The topological polar surface area (TPSA) is 48.5 Å². The van der Waals surface area contributed by atoms with E-state index in [9.17, 15) is 4.79 Å². The number of rotatable bonds is 4. The molecule has 0 radical (unpaired) electrons. The molecule has 1 fully saturated rings. The fourth-order valence-corrected chi connectivity index (χ4v) is 2.91. The second kappa shape index (κ2) is 6.89. The van der Waals surface area contributed by atoms with E-state index in [1.165, 1.54) is 0 Å². The zero-order valence-corrected chi connectivity index (χ0v) is 13.5. The second-order valence-corrected chi connectivity index (χ2v) is 5.71. The standard InChI is InChI=1S/C16H26N4O/c1-5-20-8-6-14(7-9-20)19(4)16(21)13-10-12(2)18-15(11-13)17-3/h10-11,14H,5-9H2,1-4H3,(H,17,18). The van der Waals surface area contributed by atoms with Crippen LogP contribution in [-0.4, -0.2) is 60.5 Å². The average molecular weight is 290 g/mol. The highest BCUT2D eigenvalue weighted by Gasteiger charge is 2.25. The number of pyridine rings is 1. The van der Waals surface area contributed by atoms with Crippen LogP contribution in [-0.2, 0) is 0 Å². The van der Waals surface area contributed by atoms with Crippen LogP contribution >= 0.6 is 0 Å². The number of hydrogen-bond donors (Lipinski definition) is 1. The number of amides is 1. The molecular formula is C16H26N4O. The van der Waals surface area contributed by atoms with Crippen LogP contribution in [0.4, 0.5) is 5.82 Å². The molecule has 1 aromatic rings. The van der Waals surface area contributed by atoms with Crippen LogP contribution in [0.2, 0.25) is 0 Å². The van der Waals surface area contributed by atoms with E-state index in [1.807, 2.05) is 38.1 Å². The molecule has 1 aliphatic heterocycles. The highest BCUT2D eigenvalue weighted by Crippen LogP contribution is 2.19. The Morgan fingerprint density at radius 3 is 2.67 bits per heavy atom. The highest BCUT2D eigenvalue weighted by atomic mass is 16.2. The van der Waals surface area contributed by atoms with Crippen molar-refractivity contribution in [1.82, 2.24) is 14.8 Å². The second-order valence-electron chi connectivity index (χ2n) is 5.71. The minimum atomic E-state index is 0.0898. The lowest BCUT2D eigenvalue weighted by atomic mass is 10.0. The van der Waals surface area contributed by atoms with E-state index in [0.717, 1.165) is 44.0 Å². The first kappa shape index (κ1) is 15.8. The van der Waals surface area contributed by atoms with Gasteiger partial charge >= 0.3 is 0 Å². The van der Waals surface area contributed by atoms with Crippen molar-refractivity contribution in [1.29, 1.82) is 0 Å². The van der Waals surface area contributed by atoms with Crippen LogP contribution in [0.3, 0.4) is 0 Å². The third-order valence-corrected chi connectivity index (χ3v) is 4.33. The smallest absolute Gasteiger partial charge is 0.254 e. The van der Waals surface area contributed by atoms with Crippen LogP contribution in [0.5, 0.6) is 0 Å². The first-order valence-electron chi connectivity index (χ1n) is 7.71. The number of nitrogens with zero attached hydrogens (tertiary/aromatic N) is 3. The van der Waals surface area contributed by atoms with E-state index in [1.54, 1.807) is 0 Å². The third kappa shape index (κ3) is 3.73. The van der Waals surface area contributed by atoms with Crippen molar-refractivity contribution in [3.63, 3.8) is 0 Å². The van der Waals surface area contributed by atoms with Crippen LogP contribution in [0.1, 0.15) is 35.8 Å². The van der Waals surface area contributed by atoms with Crippen molar-refractivity contribution < 1.29 is 4.79 Å². The molecule has 2 rings (SSSR count). The van der Waals surface area contributed by atoms with Crippen molar-refractivity contribution in [2.45, 2.75) is 32.7 Å². The molecule has 0 spiro atoms. The summed E-state index contributed by atoms with van der Waals surface area (Å²) >= 11 is 0. The minimum absolute atomic E-state index is 0.0898. The molecule has 0 saturated carbocycles. The molecule has 5 heteroatoms. The zero-order valence-electron chi connectivity index (χ0n) is 13.5. The van der Waals surface area contributed by atoms with Crippen LogP contribution in [0.25, 0.3) is 0 Å². The van der Waals surface area contributed by atoms with E-state index >= 15 is 0 Å². The van der Waals surface area contributed by atoms with Gasteiger partial charge in [0.2, 0.25) is 0 Å². The molecule has 0 aliphatic carbocycles. The third-order valence-electron chi connectivity index (χ3n) is 4.33. The Balaban J connectivity index is 2.07. The molecule has 1 N–H and O–H groups in total. The number of likely N-dealkylation sites (tertiary alicyclic amines) is 1. The number of piperidine rings is 1. The van der Waals surface area contributed by atoms with E-state index in [4.69, 9.17) is 0 Å². The van der Waals surface area contributed by atoms with E-state index in [-0.39, 0.29) is 5.91 Å². The Morgan fingerprint density at radius 2 is 2.10 bits per heavy atom. The fourth-order valence-electron chi connectivity index (χ4n) is 2.91. The summed E-state index contributed by atoms with van der Waals surface area (Å²) < 4.78 is 0. The highest BCUT2D eigenvalue weighted by molar-refractivity contribution is 5.95. The molecule has 0 unspecified atom stereocenters. The number of aryl methyl sites for hydroxylation is 1. The largest absolute Gasteiger partial charge is 0.373 e. The molecule has 0 aromatic carbocycles. The predicted molar refractivity (Wildman–Crippen MR) is 85.8 cm³/mol. The zero-order chi connectivity index (χ0) is 15.4. The van der Waals surface area contributed by atoms with Crippen molar-refractivity contribution in [2.24, 2.45) is 0 Å². The maximum absolute atomic E-state index is 12.7. The van der Waals surface area contributed by atoms with Gasteiger partial charge in [-0.2, -0.15) is 0 Å². The van der Waals surface area contributed by atoms with Gasteiger partial charge in [-0.05, 0) is 38.4 Å². The molecule has 116 valence electrons. The summed E-state index contributed by atoms with van der Waals surface area (Å²) in [6.07, 6.45) is 2.11. The summed E-state index contributed by atoms with van der Waals surface area (Å²) in [4.78, 5) is 21.4. The van der Waals surface area contributed by atoms with Crippen molar-refractivity contribution >= 4 is 11.7 Å². The Labute approximate surface area is 127 Å². The molecule has 1 amide bonds. The van der Waals surface area contributed by atoms with Crippen LogP contribution in [0.15, 0.2) is 12.1 Å². The minimum Gasteiger partial charge on any atom is -0.373 e. The van der Waals surface area contributed by atoms with Gasteiger partial charge in [-0.3, -0.25) is 4.79 Å². The van der Waals surface area contributed by atoms with Gasteiger partial charge in [-0.25, -0.2) is 4.98 Å². The van der Waals surface area contributed by atoms with Gasteiger partial charge in [0.25, 0.3) is 5.91 Å². The monoisotopic (exact) mass is 290 g/mol. The normalized spacial score (nSPS) is 16.8. The van der Waals surface area contributed by atoms with E-state index < -0.39 is 0 Å². The Morgan fingerprint density at radius 1 is 1.43 bits per heavy atom. The Kier molecular flexibility index (Phi) is 5.17. The average Bonchev–Trinajstić information content (AvgIpc) is 2.52. The number of hydrogen-bond acceptors (Lipinski definition) is 4. The summed E-state index contributed by atoms with van der Waals surface area (Å²) in [7, 11) is 3.74. The Bertz CT molecular complexity index is 495. The van der Waals surface area contributed by atoms with Gasteiger partial charge in [0.15, 0.2) is 0 Å². The molecular weight excluding hydrogens is 264 g/mol. The SMILES string of the molecule is CCN1CCC(N(C)C(=O)c2cc(C)nc(NC)c2)CC1. The summed E-state index contributed by atoms with van der Waals surface area (Å²) in [5.41, 5.74) is 1.58. The fraction of sp³-hybridized carbons (Fsp3) is 0.625. The van der Waals surface area contributed by atoms with Crippen molar-refractivity contribution in [3.8, 4) is 0 Å². The molecule has 5 nitrogen and oxygen atoms in total. The summed E-state index contributed by atoms with van der Waals surface area (Å²) in [5.74, 6) is 0.833. The number of anilines is 1. The number of aromatic nitrogens is 1. The lowest BCUT2D eigenvalue weighted by Crippen LogP contribution is -2.45. The van der Waals surface area contributed by atoms with E-state index in [0.29, 0.717) is 11.6 Å². The van der Waals surface area contributed by atoms with Crippen molar-refractivity contribution in [2.75, 3.05) is 39.0 Å². The van der Waals surface area contributed by atoms with Gasteiger partial charge in [0.1, 0.15) is 5.82 Å². The first-order valence-corrected chi connectivity index (χ1v) is 7.71. The molecule has 1 aromatic heterocycles. The van der Waals surface area contributed by atoms with Gasteiger partial charge in [-0.1, -0.05) is 6.92 Å². The summed E-state index contributed by atoms with van der Waals surface area (Å²) in [5, 5.41) is 3.01. The molecule has 1 aliphatic rings. The lowest BCUT2D eigenvalue weighted by Gasteiger charge is -2.36. The van der Waals surface area contributed by atoms with Gasteiger partial charge in [-0.15, -0.1) is 0 Å². The summed E-state index contributed by atoms with van der Waals surface area (Å²) in [6, 6.07) is 4.03. The molecule has 21 heavy (non-hydrogen) atoms. The number of carbonyl (C=O) groups excluding carboxylic acids is 1. The van der Waals surface area contributed by atoms with Gasteiger partial charge < -0.3 is 15.1 Å². The maximum atomic E-state index is 12.7. The lowest BCUT2D eigenvalue weighted by molar-refractivity contribution is 0.0646. The number of carbonyl (C=O) groups is 1. The van der Waals surface area contributed by atoms with Gasteiger partial charge in [0, 0.05) is 44.5 Å². The first-order chi connectivity index (χ1) is 10.0. The number of nitrogens with one attached hydrogen (secondary N) is 1. The Hall–Kier alpha value is -1.62.